The molecule has 1 atom stereocenters. The molecule has 0 saturated carbocycles. The van der Waals surface area contributed by atoms with Crippen LogP contribution in [0.2, 0.25) is 0 Å². The molecule has 0 aliphatic rings. The molecule has 2 nitrogen and oxygen atoms in total. The first-order chi connectivity index (χ1) is 7.59. The monoisotopic (exact) mass is 283 g/mol. The highest BCUT2D eigenvalue weighted by Crippen LogP contribution is 2.27. The molecule has 1 heterocycles. The van der Waals surface area contributed by atoms with Gasteiger partial charge in [0.05, 0.1) is 10.5 Å². The molecule has 0 amide bonds. The van der Waals surface area contributed by atoms with E-state index in [-0.39, 0.29) is 5.82 Å². The third kappa shape index (κ3) is 2.03. The van der Waals surface area contributed by atoms with Gasteiger partial charge in [0.2, 0.25) is 0 Å². The molecule has 0 bridgehead atoms. The summed E-state index contributed by atoms with van der Waals surface area (Å²) in [5.74, 6) is 0.986. The first-order valence-electron chi connectivity index (χ1n) is 4.85. The van der Waals surface area contributed by atoms with E-state index in [2.05, 4.69) is 15.9 Å². The fraction of sp³-hybridized carbons (Fsp3) is 0.167. The zero-order valence-electron chi connectivity index (χ0n) is 8.71. The molecule has 84 valence electrons. The molecule has 2 rings (SSSR count). The Morgan fingerprint density at radius 1 is 1.31 bits per heavy atom. The van der Waals surface area contributed by atoms with Crippen molar-refractivity contribution in [1.29, 1.82) is 0 Å². The molecular weight excluding hydrogens is 273 g/mol. The summed E-state index contributed by atoms with van der Waals surface area (Å²) in [6.45, 7) is 1.83. The van der Waals surface area contributed by atoms with Crippen LogP contribution in [-0.2, 0) is 0 Å². The summed E-state index contributed by atoms with van der Waals surface area (Å²) in [5, 5.41) is 0. The van der Waals surface area contributed by atoms with E-state index in [0.717, 1.165) is 5.76 Å². The van der Waals surface area contributed by atoms with Crippen LogP contribution in [0.3, 0.4) is 0 Å². The zero-order chi connectivity index (χ0) is 11.7. The SMILES string of the molecule is Cc1ccc(C(N)c2cccc(Br)c2F)o1. The van der Waals surface area contributed by atoms with Crippen molar-refractivity contribution < 1.29 is 8.81 Å². The third-order valence-electron chi connectivity index (χ3n) is 2.38. The fourth-order valence-electron chi connectivity index (χ4n) is 1.53. The number of rotatable bonds is 2. The van der Waals surface area contributed by atoms with Crippen molar-refractivity contribution in [2.75, 3.05) is 0 Å². The predicted molar refractivity (Wildman–Crippen MR) is 63.6 cm³/mol. The number of benzene rings is 1. The molecule has 0 aliphatic heterocycles. The predicted octanol–water partition coefficient (Wildman–Crippen LogP) is 3.54. The van der Waals surface area contributed by atoms with Gasteiger partial charge < -0.3 is 10.2 Å². The molecule has 0 radical (unpaired) electrons. The van der Waals surface area contributed by atoms with Crippen molar-refractivity contribution in [3.05, 3.63) is 57.7 Å². The summed E-state index contributed by atoms with van der Waals surface area (Å²) in [6.07, 6.45) is 0. The van der Waals surface area contributed by atoms with Crippen LogP contribution in [0.15, 0.2) is 39.2 Å². The maximum Gasteiger partial charge on any atom is 0.142 e. The van der Waals surface area contributed by atoms with Crippen LogP contribution in [0.1, 0.15) is 23.1 Å². The van der Waals surface area contributed by atoms with Gasteiger partial charge in [0.15, 0.2) is 0 Å². The Bertz CT molecular complexity index is 509. The van der Waals surface area contributed by atoms with Gasteiger partial charge in [0.25, 0.3) is 0 Å². The van der Waals surface area contributed by atoms with Crippen molar-refractivity contribution in [2.45, 2.75) is 13.0 Å². The lowest BCUT2D eigenvalue weighted by Crippen LogP contribution is -2.13. The molecule has 4 heteroatoms. The largest absolute Gasteiger partial charge is 0.464 e. The highest BCUT2D eigenvalue weighted by molar-refractivity contribution is 9.10. The Kier molecular flexibility index (Phi) is 3.12. The Morgan fingerprint density at radius 3 is 2.69 bits per heavy atom. The van der Waals surface area contributed by atoms with Gasteiger partial charge >= 0.3 is 0 Å². The first-order valence-corrected chi connectivity index (χ1v) is 5.64. The Morgan fingerprint density at radius 2 is 2.06 bits per heavy atom. The highest BCUT2D eigenvalue weighted by atomic mass is 79.9. The van der Waals surface area contributed by atoms with E-state index in [1.165, 1.54) is 0 Å². The second-order valence-electron chi connectivity index (χ2n) is 3.57. The van der Waals surface area contributed by atoms with Crippen LogP contribution in [0.25, 0.3) is 0 Å². The zero-order valence-corrected chi connectivity index (χ0v) is 10.3. The molecule has 2 aromatic rings. The minimum Gasteiger partial charge on any atom is -0.464 e. The molecule has 0 fully saturated rings. The van der Waals surface area contributed by atoms with Gasteiger partial charge in [-0.25, -0.2) is 4.39 Å². The molecule has 0 aliphatic carbocycles. The van der Waals surface area contributed by atoms with E-state index < -0.39 is 6.04 Å². The van der Waals surface area contributed by atoms with Crippen LogP contribution in [-0.4, -0.2) is 0 Å². The van der Waals surface area contributed by atoms with E-state index in [1.54, 1.807) is 24.3 Å². The van der Waals surface area contributed by atoms with Crippen molar-refractivity contribution in [1.82, 2.24) is 0 Å². The van der Waals surface area contributed by atoms with E-state index in [4.69, 9.17) is 10.2 Å². The average molecular weight is 284 g/mol. The maximum atomic E-state index is 13.8. The Labute approximate surface area is 101 Å². The lowest BCUT2D eigenvalue weighted by Gasteiger charge is -2.11. The average Bonchev–Trinajstić information content (AvgIpc) is 2.68. The van der Waals surface area contributed by atoms with Crippen LogP contribution >= 0.6 is 15.9 Å². The van der Waals surface area contributed by atoms with Crippen LogP contribution in [0.4, 0.5) is 4.39 Å². The van der Waals surface area contributed by atoms with Gasteiger partial charge in [-0.05, 0) is 41.1 Å². The number of aryl methyl sites for hydroxylation is 1. The second kappa shape index (κ2) is 4.39. The van der Waals surface area contributed by atoms with Crippen LogP contribution < -0.4 is 5.73 Å². The van der Waals surface area contributed by atoms with Gasteiger partial charge in [-0.2, -0.15) is 0 Å². The standard InChI is InChI=1S/C12H11BrFNO/c1-7-5-6-10(16-7)12(15)8-3-2-4-9(13)11(8)14/h2-6,12H,15H2,1H3. The molecule has 1 aromatic heterocycles. The first kappa shape index (κ1) is 11.4. The van der Waals surface area contributed by atoms with Crippen LogP contribution in [0.5, 0.6) is 0 Å². The van der Waals surface area contributed by atoms with Gasteiger partial charge in [-0.15, -0.1) is 0 Å². The highest BCUT2D eigenvalue weighted by Gasteiger charge is 2.17. The summed E-state index contributed by atoms with van der Waals surface area (Å²) in [5.41, 5.74) is 6.36. The minimum atomic E-state index is -0.578. The Balaban J connectivity index is 2.41. The molecule has 2 N–H and O–H groups in total. The lowest BCUT2D eigenvalue weighted by atomic mass is 10.1. The van der Waals surface area contributed by atoms with Gasteiger partial charge in [0.1, 0.15) is 17.3 Å². The van der Waals surface area contributed by atoms with E-state index in [0.29, 0.717) is 15.8 Å². The maximum absolute atomic E-state index is 13.8. The number of furan rings is 1. The number of nitrogens with two attached hydrogens (primary N) is 1. The lowest BCUT2D eigenvalue weighted by molar-refractivity contribution is 0.459. The number of hydrogen-bond donors (Lipinski definition) is 1. The molecular formula is C12H11BrFNO. The smallest absolute Gasteiger partial charge is 0.142 e. The molecule has 16 heavy (non-hydrogen) atoms. The molecule has 0 saturated heterocycles. The summed E-state index contributed by atoms with van der Waals surface area (Å²) in [4.78, 5) is 0. The minimum absolute atomic E-state index is 0.343. The van der Waals surface area contributed by atoms with Crippen molar-refractivity contribution in [2.24, 2.45) is 5.73 Å². The molecule has 1 aromatic carbocycles. The van der Waals surface area contributed by atoms with Gasteiger partial charge in [-0.1, -0.05) is 12.1 Å². The van der Waals surface area contributed by atoms with Gasteiger partial charge in [-0.3, -0.25) is 0 Å². The molecule has 1 unspecified atom stereocenters. The second-order valence-corrected chi connectivity index (χ2v) is 4.42. The number of hydrogen-bond acceptors (Lipinski definition) is 2. The van der Waals surface area contributed by atoms with E-state index in [9.17, 15) is 4.39 Å². The topological polar surface area (TPSA) is 39.2 Å². The van der Waals surface area contributed by atoms with Crippen LogP contribution in [0, 0.1) is 12.7 Å². The third-order valence-corrected chi connectivity index (χ3v) is 3.00. The van der Waals surface area contributed by atoms with Crippen molar-refractivity contribution in [3.8, 4) is 0 Å². The fourth-order valence-corrected chi connectivity index (χ4v) is 1.92. The summed E-state index contributed by atoms with van der Waals surface area (Å²) in [6, 6.07) is 8.04. The number of halogens is 2. The quantitative estimate of drug-likeness (QED) is 0.916. The van der Waals surface area contributed by atoms with Gasteiger partial charge in [0, 0.05) is 5.56 Å². The van der Waals surface area contributed by atoms with E-state index in [1.807, 2.05) is 13.0 Å². The van der Waals surface area contributed by atoms with E-state index >= 15 is 0 Å². The summed E-state index contributed by atoms with van der Waals surface area (Å²) >= 11 is 3.13. The van der Waals surface area contributed by atoms with Crippen molar-refractivity contribution in [3.63, 3.8) is 0 Å². The molecule has 0 spiro atoms. The summed E-state index contributed by atoms with van der Waals surface area (Å²) in [7, 11) is 0. The Hall–Kier alpha value is -1.13. The summed E-state index contributed by atoms with van der Waals surface area (Å²) < 4.78 is 19.6. The normalized spacial score (nSPS) is 12.8. The van der Waals surface area contributed by atoms with Crippen molar-refractivity contribution >= 4 is 15.9 Å².